The lowest BCUT2D eigenvalue weighted by Crippen LogP contribution is -2.53. The Morgan fingerprint density at radius 1 is 1.21 bits per heavy atom. The molecule has 2 aliphatic rings. The van der Waals surface area contributed by atoms with Gasteiger partial charge in [0, 0.05) is 18.5 Å². The Morgan fingerprint density at radius 3 is 2.47 bits per heavy atom. The van der Waals surface area contributed by atoms with Gasteiger partial charge in [0.2, 0.25) is 5.91 Å². The molecule has 0 aliphatic carbocycles. The predicted molar refractivity (Wildman–Crippen MR) is 74.8 cm³/mol. The molecular weight excluding hydrogens is 240 g/mol. The fourth-order valence-electron chi connectivity index (χ4n) is 3.49. The third-order valence-corrected chi connectivity index (χ3v) is 4.63. The van der Waals surface area contributed by atoms with Gasteiger partial charge in [-0.3, -0.25) is 14.5 Å². The van der Waals surface area contributed by atoms with Crippen LogP contribution in [0.15, 0.2) is 0 Å². The molecule has 0 aromatic heterocycles. The van der Waals surface area contributed by atoms with Crippen molar-refractivity contribution in [1.29, 1.82) is 0 Å². The van der Waals surface area contributed by atoms with E-state index in [0.29, 0.717) is 12.6 Å². The standard InChI is InChI=1S/C15H26N2O2/c1-11(2)13(18)10-16-9-7-15(14(16)19)6-5-8-17(15)12(3)4/h11-12H,5-10H2,1-4H3. The Bertz CT molecular complexity index is 378. The highest BCUT2D eigenvalue weighted by Gasteiger charge is 2.53. The van der Waals surface area contributed by atoms with Crippen molar-refractivity contribution in [3.05, 3.63) is 0 Å². The van der Waals surface area contributed by atoms with E-state index in [1.54, 1.807) is 4.90 Å². The molecule has 2 aliphatic heterocycles. The molecule has 0 aromatic carbocycles. The Labute approximate surface area is 116 Å². The molecule has 4 nitrogen and oxygen atoms in total. The van der Waals surface area contributed by atoms with E-state index in [2.05, 4.69) is 18.7 Å². The molecule has 1 unspecified atom stereocenters. The van der Waals surface area contributed by atoms with E-state index in [4.69, 9.17) is 0 Å². The van der Waals surface area contributed by atoms with Gasteiger partial charge in [0.05, 0.1) is 6.54 Å². The van der Waals surface area contributed by atoms with Crippen molar-refractivity contribution in [2.45, 2.75) is 58.5 Å². The predicted octanol–water partition coefficient (Wildman–Crippen LogP) is 1.69. The lowest BCUT2D eigenvalue weighted by Gasteiger charge is -2.36. The van der Waals surface area contributed by atoms with E-state index in [9.17, 15) is 9.59 Å². The number of carbonyl (C=O) groups is 2. The number of hydrogen-bond acceptors (Lipinski definition) is 3. The van der Waals surface area contributed by atoms with Crippen molar-refractivity contribution < 1.29 is 9.59 Å². The molecule has 19 heavy (non-hydrogen) atoms. The molecule has 0 bridgehead atoms. The number of nitrogens with zero attached hydrogens (tertiary/aromatic N) is 2. The van der Waals surface area contributed by atoms with Gasteiger partial charge in [0.25, 0.3) is 0 Å². The summed E-state index contributed by atoms with van der Waals surface area (Å²) in [6.07, 6.45) is 2.93. The van der Waals surface area contributed by atoms with Crippen LogP contribution in [0.2, 0.25) is 0 Å². The summed E-state index contributed by atoms with van der Waals surface area (Å²) in [5, 5.41) is 0. The minimum Gasteiger partial charge on any atom is -0.334 e. The molecule has 108 valence electrons. The van der Waals surface area contributed by atoms with Crippen molar-refractivity contribution in [3.63, 3.8) is 0 Å². The van der Waals surface area contributed by atoms with Crippen LogP contribution in [0.5, 0.6) is 0 Å². The minimum atomic E-state index is -0.300. The molecule has 2 fully saturated rings. The van der Waals surface area contributed by atoms with Crippen LogP contribution < -0.4 is 0 Å². The fraction of sp³-hybridized carbons (Fsp3) is 0.867. The van der Waals surface area contributed by atoms with Gasteiger partial charge in [-0.05, 0) is 39.7 Å². The summed E-state index contributed by atoms with van der Waals surface area (Å²) in [5.41, 5.74) is -0.300. The van der Waals surface area contributed by atoms with Crippen LogP contribution >= 0.6 is 0 Å². The molecule has 1 atom stereocenters. The average molecular weight is 266 g/mol. The van der Waals surface area contributed by atoms with Crippen molar-refractivity contribution >= 4 is 11.7 Å². The smallest absolute Gasteiger partial charge is 0.243 e. The zero-order chi connectivity index (χ0) is 14.2. The van der Waals surface area contributed by atoms with E-state index >= 15 is 0 Å². The Kier molecular flexibility index (Phi) is 4.00. The second-order valence-electron chi connectivity index (χ2n) is 6.52. The van der Waals surface area contributed by atoms with Crippen LogP contribution in [0, 0.1) is 5.92 Å². The molecule has 2 saturated heterocycles. The summed E-state index contributed by atoms with van der Waals surface area (Å²) in [5.74, 6) is 0.362. The summed E-state index contributed by atoms with van der Waals surface area (Å²) in [7, 11) is 0. The number of likely N-dealkylation sites (tertiary alicyclic amines) is 2. The van der Waals surface area contributed by atoms with Gasteiger partial charge in [-0.1, -0.05) is 13.8 Å². The van der Waals surface area contributed by atoms with Gasteiger partial charge < -0.3 is 4.90 Å². The molecule has 0 radical (unpaired) electrons. The number of carbonyl (C=O) groups excluding carboxylic acids is 2. The average Bonchev–Trinajstić information content (AvgIpc) is 2.89. The summed E-state index contributed by atoms with van der Waals surface area (Å²) in [6, 6.07) is 0.396. The number of hydrogen-bond donors (Lipinski definition) is 0. The van der Waals surface area contributed by atoms with Crippen LogP contribution in [-0.2, 0) is 9.59 Å². The van der Waals surface area contributed by atoms with Crippen molar-refractivity contribution in [1.82, 2.24) is 9.80 Å². The molecule has 4 heteroatoms. The van der Waals surface area contributed by atoms with E-state index in [0.717, 1.165) is 32.4 Å². The molecule has 0 N–H and O–H groups in total. The van der Waals surface area contributed by atoms with Crippen LogP contribution in [-0.4, -0.2) is 52.7 Å². The first kappa shape index (κ1) is 14.5. The van der Waals surface area contributed by atoms with Gasteiger partial charge in [-0.2, -0.15) is 0 Å². The largest absolute Gasteiger partial charge is 0.334 e. The number of amides is 1. The Morgan fingerprint density at radius 2 is 1.89 bits per heavy atom. The van der Waals surface area contributed by atoms with Gasteiger partial charge in [0.15, 0.2) is 5.78 Å². The van der Waals surface area contributed by atoms with Crippen molar-refractivity contribution in [3.8, 4) is 0 Å². The molecule has 0 aromatic rings. The normalized spacial score (nSPS) is 28.3. The molecule has 2 rings (SSSR count). The minimum absolute atomic E-state index is 0.00845. The van der Waals surface area contributed by atoms with E-state index < -0.39 is 0 Å². The number of rotatable bonds is 4. The van der Waals surface area contributed by atoms with Crippen LogP contribution in [0.25, 0.3) is 0 Å². The van der Waals surface area contributed by atoms with Gasteiger partial charge in [-0.25, -0.2) is 0 Å². The zero-order valence-electron chi connectivity index (χ0n) is 12.6. The maximum Gasteiger partial charge on any atom is 0.243 e. The topological polar surface area (TPSA) is 40.6 Å². The van der Waals surface area contributed by atoms with Gasteiger partial charge >= 0.3 is 0 Å². The van der Waals surface area contributed by atoms with Crippen LogP contribution in [0.3, 0.4) is 0 Å². The zero-order valence-corrected chi connectivity index (χ0v) is 12.6. The molecule has 0 saturated carbocycles. The van der Waals surface area contributed by atoms with Crippen LogP contribution in [0.1, 0.15) is 47.0 Å². The summed E-state index contributed by atoms with van der Waals surface area (Å²) >= 11 is 0. The third-order valence-electron chi connectivity index (χ3n) is 4.63. The monoisotopic (exact) mass is 266 g/mol. The highest BCUT2D eigenvalue weighted by molar-refractivity contribution is 5.93. The lowest BCUT2D eigenvalue weighted by molar-refractivity contribution is -0.140. The SMILES string of the molecule is CC(C)C(=O)CN1CCC2(CCCN2C(C)C)C1=O. The molecule has 1 spiro atoms. The lowest BCUT2D eigenvalue weighted by atomic mass is 9.93. The highest BCUT2D eigenvalue weighted by atomic mass is 16.2. The Hall–Kier alpha value is -0.900. The third kappa shape index (κ3) is 2.42. The second-order valence-corrected chi connectivity index (χ2v) is 6.52. The summed E-state index contributed by atoms with van der Waals surface area (Å²) < 4.78 is 0. The molecule has 1 amide bonds. The first-order valence-electron chi connectivity index (χ1n) is 7.47. The maximum atomic E-state index is 12.7. The first-order chi connectivity index (χ1) is 8.88. The van der Waals surface area contributed by atoms with Gasteiger partial charge in [-0.15, -0.1) is 0 Å². The summed E-state index contributed by atoms with van der Waals surface area (Å²) in [6.45, 7) is 10.1. The highest BCUT2D eigenvalue weighted by Crippen LogP contribution is 2.39. The Balaban J connectivity index is 2.11. The van der Waals surface area contributed by atoms with E-state index in [-0.39, 0.29) is 23.1 Å². The van der Waals surface area contributed by atoms with Gasteiger partial charge in [0.1, 0.15) is 5.54 Å². The maximum absolute atomic E-state index is 12.7. The molecule has 2 heterocycles. The first-order valence-corrected chi connectivity index (χ1v) is 7.47. The molecular formula is C15H26N2O2. The van der Waals surface area contributed by atoms with Crippen LogP contribution in [0.4, 0.5) is 0 Å². The second kappa shape index (κ2) is 5.23. The van der Waals surface area contributed by atoms with Crippen molar-refractivity contribution in [2.24, 2.45) is 5.92 Å². The fourth-order valence-corrected chi connectivity index (χ4v) is 3.49. The number of ketones is 1. The quantitative estimate of drug-likeness (QED) is 0.777. The van der Waals surface area contributed by atoms with Crippen molar-refractivity contribution in [2.75, 3.05) is 19.6 Å². The number of Topliss-reactive ketones (excluding diaryl/α,β-unsaturated/α-hetero) is 1. The van der Waals surface area contributed by atoms with E-state index in [1.807, 2.05) is 13.8 Å². The summed E-state index contributed by atoms with van der Waals surface area (Å²) in [4.78, 5) is 28.7. The van der Waals surface area contributed by atoms with E-state index in [1.165, 1.54) is 0 Å².